The van der Waals surface area contributed by atoms with E-state index < -0.39 is 9.84 Å². The number of sulfone groups is 1. The molecule has 0 spiro atoms. The standard InChI is InChI=1S/C17H23N3O3S/c1-13(2)5-8-19-9-10-20(16-12-24(22,23)11-15(16)19)17(21)14-3-6-18-7-4-14/h3-7,15-16H,8-12H2,1-2H3/t15-,16+/m1/s1. The Bertz CT molecular complexity index is 742. The average molecular weight is 349 g/mol. The lowest BCUT2D eigenvalue weighted by molar-refractivity contribution is 0.0368. The summed E-state index contributed by atoms with van der Waals surface area (Å²) in [5, 5.41) is 0. The fourth-order valence-electron chi connectivity index (χ4n) is 3.46. The van der Waals surface area contributed by atoms with Crippen LogP contribution in [0.2, 0.25) is 0 Å². The maximum Gasteiger partial charge on any atom is 0.254 e. The van der Waals surface area contributed by atoms with E-state index in [-0.39, 0.29) is 29.5 Å². The summed E-state index contributed by atoms with van der Waals surface area (Å²) in [6.07, 6.45) is 5.28. The van der Waals surface area contributed by atoms with Gasteiger partial charge in [0.15, 0.2) is 9.84 Å². The molecule has 7 heteroatoms. The molecule has 1 aromatic heterocycles. The summed E-state index contributed by atoms with van der Waals surface area (Å²) in [4.78, 5) is 20.7. The molecule has 2 fully saturated rings. The van der Waals surface area contributed by atoms with Crippen LogP contribution in [0.3, 0.4) is 0 Å². The number of nitrogens with zero attached hydrogens (tertiary/aromatic N) is 3. The van der Waals surface area contributed by atoms with Crippen molar-refractivity contribution in [1.29, 1.82) is 0 Å². The largest absolute Gasteiger partial charge is 0.332 e. The van der Waals surface area contributed by atoms with Crippen LogP contribution in [0.1, 0.15) is 24.2 Å². The van der Waals surface area contributed by atoms with E-state index >= 15 is 0 Å². The predicted octanol–water partition coefficient (Wildman–Crippen LogP) is 0.971. The van der Waals surface area contributed by atoms with Gasteiger partial charge in [-0.2, -0.15) is 0 Å². The Kier molecular flexibility index (Phi) is 4.73. The molecule has 0 bridgehead atoms. The molecule has 0 radical (unpaired) electrons. The third-order valence-corrected chi connectivity index (χ3v) is 6.41. The highest BCUT2D eigenvalue weighted by Crippen LogP contribution is 2.28. The molecule has 130 valence electrons. The Hall–Kier alpha value is -1.73. The lowest BCUT2D eigenvalue weighted by Gasteiger charge is -2.43. The lowest BCUT2D eigenvalue weighted by Crippen LogP contribution is -2.60. The van der Waals surface area contributed by atoms with Gasteiger partial charge in [-0.25, -0.2) is 8.42 Å². The fourth-order valence-corrected chi connectivity index (χ4v) is 5.48. The molecule has 2 aliphatic rings. The van der Waals surface area contributed by atoms with Crippen LogP contribution in [0.4, 0.5) is 0 Å². The minimum Gasteiger partial charge on any atom is -0.332 e. The number of aromatic nitrogens is 1. The van der Waals surface area contributed by atoms with Gasteiger partial charge >= 0.3 is 0 Å². The summed E-state index contributed by atoms with van der Waals surface area (Å²) >= 11 is 0. The number of allylic oxidation sites excluding steroid dienone is 1. The SMILES string of the molecule is CC(C)=CCN1CCN(C(=O)c2ccncc2)[C@H]2CS(=O)(=O)C[C@H]21. The van der Waals surface area contributed by atoms with Crippen LogP contribution in [-0.4, -0.2) is 72.3 Å². The van der Waals surface area contributed by atoms with E-state index in [1.807, 2.05) is 13.8 Å². The summed E-state index contributed by atoms with van der Waals surface area (Å²) in [5.74, 6) is 0.0835. The smallest absolute Gasteiger partial charge is 0.254 e. The van der Waals surface area contributed by atoms with E-state index in [0.29, 0.717) is 18.7 Å². The fraction of sp³-hybridized carbons (Fsp3) is 0.529. The molecule has 3 heterocycles. The second-order valence-electron chi connectivity index (χ2n) is 6.72. The number of carbonyl (C=O) groups excluding carboxylic acids is 1. The molecule has 0 unspecified atom stereocenters. The highest BCUT2D eigenvalue weighted by Gasteiger charge is 2.47. The lowest BCUT2D eigenvalue weighted by atomic mass is 10.0. The van der Waals surface area contributed by atoms with Crippen molar-refractivity contribution in [1.82, 2.24) is 14.8 Å². The molecule has 2 atom stereocenters. The van der Waals surface area contributed by atoms with E-state index in [1.165, 1.54) is 5.57 Å². The van der Waals surface area contributed by atoms with Crippen molar-refractivity contribution in [3.8, 4) is 0 Å². The van der Waals surface area contributed by atoms with Gasteiger partial charge in [-0.05, 0) is 26.0 Å². The number of hydrogen-bond donors (Lipinski definition) is 0. The van der Waals surface area contributed by atoms with Gasteiger partial charge < -0.3 is 4.90 Å². The summed E-state index contributed by atoms with van der Waals surface area (Å²) < 4.78 is 24.4. The minimum atomic E-state index is -3.12. The third-order valence-electron chi connectivity index (χ3n) is 4.71. The number of hydrogen-bond acceptors (Lipinski definition) is 5. The number of piperazine rings is 1. The molecule has 24 heavy (non-hydrogen) atoms. The Morgan fingerprint density at radius 1 is 1.21 bits per heavy atom. The van der Waals surface area contributed by atoms with Crippen LogP contribution < -0.4 is 0 Å². The minimum absolute atomic E-state index is 0.0554. The molecule has 1 aromatic rings. The zero-order valence-electron chi connectivity index (χ0n) is 14.1. The van der Waals surface area contributed by atoms with Crippen molar-refractivity contribution in [3.63, 3.8) is 0 Å². The van der Waals surface area contributed by atoms with Gasteiger partial charge in [0.1, 0.15) is 0 Å². The molecular weight excluding hydrogens is 326 g/mol. The molecule has 0 N–H and O–H groups in total. The average Bonchev–Trinajstić information content (AvgIpc) is 2.87. The number of amides is 1. The summed E-state index contributed by atoms with van der Waals surface area (Å²) in [6.45, 7) is 6.04. The summed E-state index contributed by atoms with van der Waals surface area (Å²) in [7, 11) is -3.12. The molecule has 3 rings (SSSR count). The zero-order chi connectivity index (χ0) is 17.3. The molecule has 0 saturated carbocycles. The summed E-state index contributed by atoms with van der Waals surface area (Å²) in [5.41, 5.74) is 1.77. The molecule has 2 aliphatic heterocycles. The van der Waals surface area contributed by atoms with Crippen molar-refractivity contribution in [2.75, 3.05) is 31.1 Å². The van der Waals surface area contributed by atoms with Crippen molar-refractivity contribution in [3.05, 3.63) is 41.7 Å². The van der Waals surface area contributed by atoms with Gasteiger partial charge in [0.25, 0.3) is 5.91 Å². The number of fused-ring (bicyclic) bond motifs is 1. The van der Waals surface area contributed by atoms with Crippen LogP contribution in [0.25, 0.3) is 0 Å². The van der Waals surface area contributed by atoms with Crippen molar-refractivity contribution in [2.24, 2.45) is 0 Å². The molecule has 1 amide bonds. The summed E-state index contributed by atoms with van der Waals surface area (Å²) in [6, 6.07) is 2.97. The predicted molar refractivity (Wildman–Crippen MR) is 92.5 cm³/mol. The van der Waals surface area contributed by atoms with Gasteiger partial charge in [0, 0.05) is 43.6 Å². The molecule has 6 nitrogen and oxygen atoms in total. The van der Waals surface area contributed by atoms with Gasteiger partial charge in [-0.3, -0.25) is 14.7 Å². The van der Waals surface area contributed by atoms with Crippen LogP contribution in [-0.2, 0) is 9.84 Å². The molecule has 2 saturated heterocycles. The van der Waals surface area contributed by atoms with Crippen molar-refractivity contribution >= 4 is 15.7 Å². The first-order valence-electron chi connectivity index (χ1n) is 8.16. The van der Waals surface area contributed by atoms with Crippen LogP contribution >= 0.6 is 0 Å². The van der Waals surface area contributed by atoms with Gasteiger partial charge in [-0.15, -0.1) is 0 Å². The first-order valence-corrected chi connectivity index (χ1v) is 9.98. The second kappa shape index (κ2) is 6.64. The third kappa shape index (κ3) is 3.52. The van der Waals surface area contributed by atoms with Crippen LogP contribution in [0.15, 0.2) is 36.2 Å². The number of carbonyl (C=O) groups is 1. The Balaban J connectivity index is 1.84. The number of rotatable bonds is 3. The monoisotopic (exact) mass is 349 g/mol. The van der Waals surface area contributed by atoms with Crippen LogP contribution in [0.5, 0.6) is 0 Å². The van der Waals surface area contributed by atoms with Gasteiger partial charge in [0.05, 0.1) is 17.5 Å². The first-order chi connectivity index (χ1) is 11.4. The maximum absolute atomic E-state index is 12.8. The normalized spacial score (nSPS) is 26.0. The van der Waals surface area contributed by atoms with Crippen molar-refractivity contribution in [2.45, 2.75) is 25.9 Å². The highest BCUT2D eigenvalue weighted by molar-refractivity contribution is 7.91. The van der Waals surface area contributed by atoms with E-state index in [9.17, 15) is 13.2 Å². The molecular formula is C17H23N3O3S. The van der Waals surface area contributed by atoms with E-state index in [4.69, 9.17) is 0 Å². The quantitative estimate of drug-likeness (QED) is 0.761. The van der Waals surface area contributed by atoms with E-state index in [0.717, 1.165) is 6.54 Å². The topological polar surface area (TPSA) is 70.6 Å². The van der Waals surface area contributed by atoms with Gasteiger partial charge in [-0.1, -0.05) is 11.6 Å². The highest BCUT2D eigenvalue weighted by atomic mass is 32.2. The zero-order valence-corrected chi connectivity index (χ0v) is 14.9. The Labute approximate surface area is 143 Å². The molecule has 0 aliphatic carbocycles. The maximum atomic E-state index is 12.8. The van der Waals surface area contributed by atoms with Gasteiger partial charge in [0.2, 0.25) is 0 Å². The second-order valence-corrected chi connectivity index (χ2v) is 8.88. The van der Waals surface area contributed by atoms with Crippen LogP contribution in [0, 0.1) is 0 Å². The Morgan fingerprint density at radius 2 is 1.88 bits per heavy atom. The number of pyridine rings is 1. The Morgan fingerprint density at radius 3 is 2.54 bits per heavy atom. The van der Waals surface area contributed by atoms with Crippen molar-refractivity contribution < 1.29 is 13.2 Å². The van der Waals surface area contributed by atoms with E-state index in [2.05, 4.69) is 16.0 Å². The first kappa shape index (κ1) is 17.1. The molecule has 0 aromatic carbocycles. The van der Waals surface area contributed by atoms with E-state index in [1.54, 1.807) is 29.4 Å².